The Hall–Kier alpha value is -0.340. The van der Waals surface area contributed by atoms with Crippen molar-refractivity contribution in [2.45, 2.75) is 64.3 Å². The summed E-state index contributed by atoms with van der Waals surface area (Å²) in [5.41, 5.74) is 1.70. The van der Waals surface area contributed by atoms with Crippen LogP contribution in [0.15, 0.2) is 11.6 Å². The first-order valence-corrected chi connectivity index (χ1v) is 8.02. The molecule has 1 unspecified atom stereocenters. The van der Waals surface area contributed by atoms with Gasteiger partial charge in [-0.2, -0.15) is 0 Å². The highest BCUT2D eigenvalue weighted by Gasteiger charge is 2.15. The normalized spacial score (nSPS) is 26.1. The molecule has 1 atom stereocenters. The summed E-state index contributed by atoms with van der Waals surface area (Å²) in [5.74, 6) is 0. The van der Waals surface area contributed by atoms with E-state index in [9.17, 15) is 0 Å². The molecule has 1 aliphatic heterocycles. The fourth-order valence-corrected chi connectivity index (χ4v) is 3.30. The van der Waals surface area contributed by atoms with Crippen LogP contribution in [0.4, 0.5) is 0 Å². The van der Waals surface area contributed by atoms with Crippen LogP contribution in [0.3, 0.4) is 0 Å². The van der Waals surface area contributed by atoms with Gasteiger partial charge >= 0.3 is 0 Å². The number of likely N-dealkylation sites (tertiary alicyclic amines) is 1. The quantitative estimate of drug-likeness (QED) is 0.727. The van der Waals surface area contributed by atoms with E-state index in [2.05, 4.69) is 23.2 Å². The Morgan fingerprint density at radius 2 is 2.22 bits per heavy atom. The zero-order valence-electron chi connectivity index (χ0n) is 12.1. The van der Waals surface area contributed by atoms with Gasteiger partial charge in [0.05, 0.1) is 0 Å². The fraction of sp³-hybridized carbons (Fsp3) is 0.875. The van der Waals surface area contributed by atoms with Crippen LogP contribution in [0.5, 0.6) is 0 Å². The van der Waals surface area contributed by atoms with Crippen molar-refractivity contribution in [1.82, 2.24) is 10.2 Å². The Morgan fingerprint density at radius 1 is 1.28 bits per heavy atom. The molecule has 1 heterocycles. The molecule has 2 rings (SSSR count). The van der Waals surface area contributed by atoms with Crippen molar-refractivity contribution < 1.29 is 0 Å². The smallest absolute Gasteiger partial charge is 0.00798 e. The summed E-state index contributed by atoms with van der Waals surface area (Å²) in [4.78, 5) is 2.64. The van der Waals surface area contributed by atoms with Gasteiger partial charge in [0.15, 0.2) is 0 Å². The van der Waals surface area contributed by atoms with Crippen molar-refractivity contribution in [3.63, 3.8) is 0 Å². The predicted octanol–water partition coefficient (Wildman–Crippen LogP) is 3.34. The lowest BCUT2D eigenvalue weighted by molar-refractivity contribution is 0.283. The minimum atomic E-state index is 0.772. The molecule has 18 heavy (non-hydrogen) atoms. The lowest BCUT2D eigenvalue weighted by Gasteiger charge is -2.19. The zero-order valence-corrected chi connectivity index (χ0v) is 12.1. The number of nitrogens with one attached hydrogen (secondary N) is 1. The number of rotatable bonds is 6. The lowest BCUT2D eigenvalue weighted by Crippen LogP contribution is -2.32. The van der Waals surface area contributed by atoms with Crippen LogP contribution in [0.1, 0.15) is 58.3 Å². The van der Waals surface area contributed by atoms with Crippen molar-refractivity contribution in [2.24, 2.45) is 0 Å². The Kier molecular flexibility index (Phi) is 6.22. The number of allylic oxidation sites excluding steroid dienone is 1. The topological polar surface area (TPSA) is 15.3 Å². The van der Waals surface area contributed by atoms with Crippen molar-refractivity contribution in [3.8, 4) is 0 Å². The minimum Gasteiger partial charge on any atom is -0.314 e. The molecule has 0 aromatic carbocycles. The maximum absolute atomic E-state index is 3.78. The second-order valence-corrected chi connectivity index (χ2v) is 5.93. The maximum atomic E-state index is 3.78. The van der Waals surface area contributed by atoms with E-state index in [4.69, 9.17) is 0 Å². The Morgan fingerprint density at radius 3 is 3.00 bits per heavy atom. The highest BCUT2D eigenvalue weighted by atomic mass is 15.1. The SMILES string of the molecule is CCCN1CCCC(NCCC2=CCCC2)CC1. The average Bonchev–Trinajstić information content (AvgIpc) is 2.78. The highest BCUT2D eigenvalue weighted by molar-refractivity contribution is 5.07. The van der Waals surface area contributed by atoms with Gasteiger partial charge in [0.1, 0.15) is 0 Å². The molecule has 1 aliphatic carbocycles. The van der Waals surface area contributed by atoms with E-state index in [1.165, 1.54) is 77.5 Å². The molecule has 1 saturated heterocycles. The number of hydrogen-bond acceptors (Lipinski definition) is 2. The van der Waals surface area contributed by atoms with Gasteiger partial charge in [-0.15, -0.1) is 0 Å². The summed E-state index contributed by atoms with van der Waals surface area (Å²) in [6, 6.07) is 0.772. The first kappa shape index (κ1) is 14.1. The summed E-state index contributed by atoms with van der Waals surface area (Å²) in [6.45, 7) is 7.39. The van der Waals surface area contributed by atoms with Crippen LogP contribution in [0.25, 0.3) is 0 Å². The Balaban J connectivity index is 1.61. The molecule has 2 aliphatic rings. The molecule has 0 aromatic rings. The average molecular weight is 250 g/mol. The van der Waals surface area contributed by atoms with Crippen LogP contribution in [-0.4, -0.2) is 37.1 Å². The Labute approximate surface area is 113 Å². The van der Waals surface area contributed by atoms with Gasteiger partial charge in [-0.1, -0.05) is 18.6 Å². The molecular weight excluding hydrogens is 220 g/mol. The standard InChI is InChI=1S/C16H30N2/c1-2-12-18-13-5-8-16(10-14-18)17-11-9-15-6-3-4-7-15/h6,16-17H,2-5,7-14H2,1H3. The van der Waals surface area contributed by atoms with Crippen LogP contribution in [0, 0.1) is 0 Å². The van der Waals surface area contributed by atoms with Gasteiger partial charge in [0.25, 0.3) is 0 Å². The fourth-order valence-electron chi connectivity index (χ4n) is 3.30. The monoisotopic (exact) mass is 250 g/mol. The molecule has 1 N–H and O–H groups in total. The van der Waals surface area contributed by atoms with Gasteiger partial charge < -0.3 is 10.2 Å². The first-order valence-electron chi connectivity index (χ1n) is 8.02. The lowest BCUT2D eigenvalue weighted by atomic mass is 10.1. The van der Waals surface area contributed by atoms with Crippen LogP contribution in [-0.2, 0) is 0 Å². The molecule has 0 saturated carbocycles. The van der Waals surface area contributed by atoms with Crippen LogP contribution < -0.4 is 5.32 Å². The third kappa shape index (κ3) is 4.74. The van der Waals surface area contributed by atoms with E-state index >= 15 is 0 Å². The molecule has 1 fully saturated rings. The van der Waals surface area contributed by atoms with E-state index in [1.807, 2.05) is 0 Å². The van der Waals surface area contributed by atoms with E-state index in [-0.39, 0.29) is 0 Å². The predicted molar refractivity (Wildman–Crippen MR) is 78.9 cm³/mol. The molecule has 0 spiro atoms. The van der Waals surface area contributed by atoms with Crippen molar-refractivity contribution in [1.29, 1.82) is 0 Å². The number of hydrogen-bond donors (Lipinski definition) is 1. The third-order valence-corrected chi connectivity index (χ3v) is 4.37. The second-order valence-electron chi connectivity index (χ2n) is 5.93. The maximum Gasteiger partial charge on any atom is 0.00798 e. The zero-order chi connectivity index (χ0) is 12.6. The summed E-state index contributed by atoms with van der Waals surface area (Å²) in [6.07, 6.45) is 13.2. The van der Waals surface area contributed by atoms with E-state index in [0.29, 0.717) is 0 Å². The van der Waals surface area contributed by atoms with E-state index in [1.54, 1.807) is 5.57 Å². The highest BCUT2D eigenvalue weighted by Crippen LogP contribution is 2.20. The molecule has 2 nitrogen and oxygen atoms in total. The van der Waals surface area contributed by atoms with Gasteiger partial charge in [0.2, 0.25) is 0 Å². The molecule has 0 radical (unpaired) electrons. The molecular formula is C16H30N2. The summed E-state index contributed by atoms with van der Waals surface area (Å²) in [7, 11) is 0. The van der Waals surface area contributed by atoms with Gasteiger partial charge in [-0.25, -0.2) is 0 Å². The molecule has 2 heteroatoms. The van der Waals surface area contributed by atoms with Gasteiger partial charge in [-0.3, -0.25) is 0 Å². The molecule has 0 aromatic heterocycles. The third-order valence-electron chi connectivity index (χ3n) is 4.37. The summed E-state index contributed by atoms with van der Waals surface area (Å²) < 4.78 is 0. The summed E-state index contributed by atoms with van der Waals surface area (Å²) in [5, 5.41) is 3.78. The largest absolute Gasteiger partial charge is 0.314 e. The van der Waals surface area contributed by atoms with Gasteiger partial charge in [0, 0.05) is 6.04 Å². The number of nitrogens with zero attached hydrogens (tertiary/aromatic N) is 1. The first-order chi connectivity index (χ1) is 8.88. The van der Waals surface area contributed by atoms with E-state index < -0.39 is 0 Å². The summed E-state index contributed by atoms with van der Waals surface area (Å²) >= 11 is 0. The second kappa shape index (κ2) is 7.96. The van der Waals surface area contributed by atoms with Crippen molar-refractivity contribution in [3.05, 3.63) is 11.6 Å². The Bertz CT molecular complexity index is 260. The van der Waals surface area contributed by atoms with Crippen molar-refractivity contribution >= 4 is 0 Å². The molecule has 104 valence electrons. The molecule has 0 bridgehead atoms. The van der Waals surface area contributed by atoms with Crippen LogP contribution >= 0.6 is 0 Å². The van der Waals surface area contributed by atoms with Gasteiger partial charge in [-0.05, 0) is 77.5 Å². The molecule has 0 amide bonds. The van der Waals surface area contributed by atoms with Crippen molar-refractivity contribution in [2.75, 3.05) is 26.2 Å². The van der Waals surface area contributed by atoms with Crippen LogP contribution in [0.2, 0.25) is 0 Å². The minimum absolute atomic E-state index is 0.772. The van der Waals surface area contributed by atoms with E-state index in [0.717, 1.165) is 6.04 Å².